The van der Waals surface area contributed by atoms with Gasteiger partial charge in [0.25, 0.3) is 0 Å². The maximum Gasteiger partial charge on any atom is 0.222 e. The first-order valence-corrected chi connectivity index (χ1v) is 8.11. The number of ether oxygens (including phenoxy) is 1. The third-order valence-corrected chi connectivity index (χ3v) is 4.62. The van der Waals surface area contributed by atoms with Gasteiger partial charge in [0.05, 0.1) is 23.9 Å². The van der Waals surface area contributed by atoms with Gasteiger partial charge in [-0.2, -0.15) is 0 Å². The summed E-state index contributed by atoms with van der Waals surface area (Å²) in [6, 6.07) is 8.19. The van der Waals surface area contributed by atoms with Gasteiger partial charge in [0, 0.05) is 44.6 Å². The monoisotopic (exact) mass is 311 g/mol. The fraction of sp³-hybridized carbons (Fsp3) is 0.471. The second-order valence-electron chi connectivity index (χ2n) is 6.39. The highest BCUT2D eigenvalue weighted by Crippen LogP contribution is 2.36. The fourth-order valence-electron chi connectivity index (χ4n) is 3.56. The highest BCUT2D eigenvalue weighted by molar-refractivity contribution is 5.25. The zero-order valence-electron chi connectivity index (χ0n) is 13.1. The van der Waals surface area contributed by atoms with Crippen LogP contribution in [0.25, 0.3) is 0 Å². The van der Waals surface area contributed by atoms with Gasteiger partial charge in [0.15, 0.2) is 0 Å². The summed E-state index contributed by atoms with van der Waals surface area (Å²) in [5.74, 6) is 0.682. The Morgan fingerprint density at radius 3 is 2.87 bits per heavy atom. The van der Waals surface area contributed by atoms with Crippen molar-refractivity contribution in [1.29, 1.82) is 0 Å². The van der Waals surface area contributed by atoms with Crippen LogP contribution in [0.15, 0.2) is 42.9 Å². The van der Waals surface area contributed by atoms with Crippen molar-refractivity contribution >= 4 is 5.95 Å². The molecular weight excluding hydrogens is 290 g/mol. The molecule has 1 spiro atoms. The molecule has 6 nitrogen and oxygen atoms in total. The predicted molar refractivity (Wildman–Crippen MR) is 86.9 cm³/mol. The summed E-state index contributed by atoms with van der Waals surface area (Å²) >= 11 is 0. The summed E-state index contributed by atoms with van der Waals surface area (Å²) in [5, 5.41) is 3.38. The highest BCUT2D eigenvalue weighted by atomic mass is 16.5. The van der Waals surface area contributed by atoms with Crippen LogP contribution in [0.3, 0.4) is 0 Å². The Balaban J connectivity index is 1.34. The van der Waals surface area contributed by atoms with Crippen LogP contribution in [-0.2, 0) is 11.3 Å². The molecule has 0 aliphatic carbocycles. The zero-order chi connectivity index (χ0) is 15.5. The van der Waals surface area contributed by atoms with E-state index < -0.39 is 0 Å². The van der Waals surface area contributed by atoms with Crippen LogP contribution in [0.4, 0.5) is 5.95 Å². The maximum atomic E-state index is 6.17. The van der Waals surface area contributed by atoms with Crippen molar-refractivity contribution < 1.29 is 4.74 Å². The molecule has 2 aliphatic rings. The normalized spacial score (nSPS) is 27.6. The van der Waals surface area contributed by atoms with E-state index in [0.717, 1.165) is 44.8 Å². The number of hydrogen-bond donors (Lipinski definition) is 1. The molecule has 4 heterocycles. The summed E-state index contributed by atoms with van der Waals surface area (Å²) in [4.78, 5) is 15.3. The third kappa shape index (κ3) is 3.33. The van der Waals surface area contributed by atoms with Gasteiger partial charge in [0.2, 0.25) is 5.95 Å². The summed E-state index contributed by atoms with van der Waals surface area (Å²) in [6.45, 7) is 3.64. The first kappa shape index (κ1) is 14.5. The highest BCUT2D eigenvalue weighted by Gasteiger charge is 2.45. The molecule has 0 amide bonds. The number of aromatic nitrogens is 3. The Hall–Kier alpha value is -2.05. The van der Waals surface area contributed by atoms with Crippen LogP contribution in [0.2, 0.25) is 0 Å². The van der Waals surface area contributed by atoms with Crippen LogP contribution < -0.4 is 5.32 Å². The molecule has 0 unspecified atom stereocenters. The van der Waals surface area contributed by atoms with E-state index in [9.17, 15) is 0 Å². The van der Waals surface area contributed by atoms with Gasteiger partial charge in [0.1, 0.15) is 0 Å². The van der Waals surface area contributed by atoms with Crippen molar-refractivity contribution in [2.75, 3.05) is 25.0 Å². The molecule has 4 rings (SSSR count). The minimum Gasteiger partial charge on any atom is -0.371 e. The van der Waals surface area contributed by atoms with Crippen LogP contribution in [-0.4, -0.2) is 51.2 Å². The first-order chi connectivity index (χ1) is 11.3. The quantitative estimate of drug-likeness (QED) is 0.927. The van der Waals surface area contributed by atoms with Crippen molar-refractivity contribution in [1.82, 2.24) is 19.9 Å². The lowest BCUT2D eigenvalue weighted by Gasteiger charge is -2.23. The Bertz CT molecular complexity index is 578. The van der Waals surface area contributed by atoms with Crippen LogP contribution in [0.1, 0.15) is 18.5 Å². The summed E-state index contributed by atoms with van der Waals surface area (Å²) in [5.41, 5.74) is 1.09. The lowest BCUT2D eigenvalue weighted by atomic mass is 9.97. The number of pyridine rings is 1. The molecule has 0 radical (unpaired) electrons. The van der Waals surface area contributed by atoms with E-state index in [1.54, 1.807) is 12.4 Å². The largest absolute Gasteiger partial charge is 0.371 e. The molecule has 2 fully saturated rings. The van der Waals surface area contributed by atoms with Crippen molar-refractivity contribution in [3.63, 3.8) is 0 Å². The molecular formula is C17H21N5O. The van der Waals surface area contributed by atoms with E-state index in [-0.39, 0.29) is 11.6 Å². The molecule has 23 heavy (non-hydrogen) atoms. The average Bonchev–Trinajstić information content (AvgIpc) is 3.16. The molecule has 2 atom stereocenters. The number of hydrogen-bond acceptors (Lipinski definition) is 6. The van der Waals surface area contributed by atoms with Gasteiger partial charge in [-0.3, -0.25) is 9.88 Å². The molecule has 0 aromatic carbocycles. The minimum absolute atomic E-state index is 0.0266. The lowest BCUT2D eigenvalue weighted by Crippen LogP contribution is -2.33. The second-order valence-corrected chi connectivity index (χ2v) is 6.39. The van der Waals surface area contributed by atoms with Crippen LogP contribution >= 0.6 is 0 Å². The van der Waals surface area contributed by atoms with E-state index in [1.165, 1.54) is 0 Å². The van der Waals surface area contributed by atoms with E-state index in [0.29, 0.717) is 5.95 Å². The first-order valence-electron chi connectivity index (χ1n) is 8.11. The molecule has 0 bridgehead atoms. The lowest BCUT2D eigenvalue weighted by molar-refractivity contribution is 0.0119. The zero-order valence-corrected chi connectivity index (χ0v) is 13.1. The predicted octanol–water partition coefficient (Wildman–Crippen LogP) is 1.72. The maximum absolute atomic E-state index is 6.17. The molecule has 120 valence electrons. The fourth-order valence-corrected chi connectivity index (χ4v) is 3.56. The number of rotatable bonds is 4. The van der Waals surface area contributed by atoms with Gasteiger partial charge >= 0.3 is 0 Å². The van der Waals surface area contributed by atoms with Gasteiger partial charge in [-0.15, -0.1) is 0 Å². The molecule has 2 aromatic rings. The van der Waals surface area contributed by atoms with E-state index in [4.69, 9.17) is 4.74 Å². The number of anilines is 1. The minimum atomic E-state index is -0.0266. The van der Waals surface area contributed by atoms with Gasteiger partial charge in [-0.25, -0.2) is 9.97 Å². The average molecular weight is 311 g/mol. The molecule has 2 saturated heterocycles. The van der Waals surface area contributed by atoms with E-state index >= 15 is 0 Å². The topological polar surface area (TPSA) is 63.2 Å². The Kier molecular flexibility index (Phi) is 3.93. The SMILES string of the molecule is c1ccc(CN2CC[C@]3(C[C@H](Nc4ncccn4)CO3)C2)nc1. The van der Waals surface area contributed by atoms with Gasteiger partial charge in [-0.05, 0) is 24.6 Å². The van der Waals surface area contributed by atoms with Crippen molar-refractivity contribution in [2.24, 2.45) is 0 Å². The van der Waals surface area contributed by atoms with Crippen molar-refractivity contribution in [2.45, 2.75) is 31.0 Å². The Morgan fingerprint density at radius 2 is 2.04 bits per heavy atom. The standard InChI is InChI=1S/C17H21N5O/c1-2-6-18-14(4-1)11-22-9-5-17(13-22)10-15(12-23-17)21-16-19-7-3-8-20-16/h1-4,6-8,15H,5,9-13H2,(H,19,20,21)/t15-,17-/m0/s1. The van der Waals surface area contributed by atoms with Crippen molar-refractivity contribution in [3.05, 3.63) is 48.5 Å². The number of nitrogens with one attached hydrogen (secondary N) is 1. The van der Waals surface area contributed by atoms with Gasteiger partial charge in [-0.1, -0.05) is 6.07 Å². The number of likely N-dealkylation sites (tertiary alicyclic amines) is 1. The van der Waals surface area contributed by atoms with Crippen LogP contribution in [0, 0.1) is 0 Å². The summed E-state index contributed by atoms with van der Waals surface area (Å²) < 4.78 is 6.17. The smallest absolute Gasteiger partial charge is 0.222 e. The van der Waals surface area contributed by atoms with E-state index in [2.05, 4.69) is 31.2 Å². The number of nitrogens with zero attached hydrogens (tertiary/aromatic N) is 4. The second kappa shape index (κ2) is 6.22. The molecule has 2 aromatic heterocycles. The van der Waals surface area contributed by atoms with E-state index in [1.807, 2.05) is 24.4 Å². The molecule has 0 saturated carbocycles. The Labute approximate surface area is 135 Å². The van der Waals surface area contributed by atoms with Crippen molar-refractivity contribution in [3.8, 4) is 0 Å². The third-order valence-electron chi connectivity index (χ3n) is 4.62. The summed E-state index contributed by atoms with van der Waals surface area (Å²) in [6.07, 6.45) is 7.45. The molecule has 6 heteroatoms. The molecule has 2 aliphatic heterocycles. The van der Waals surface area contributed by atoms with Gasteiger partial charge < -0.3 is 10.1 Å². The molecule has 1 N–H and O–H groups in total. The van der Waals surface area contributed by atoms with Crippen LogP contribution in [0.5, 0.6) is 0 Å². The summed E-state index contributed by atoms with van der Waals surface area (Å²) in [7, 11) is 0. The Morgan fingerprint density at radius 1 is 1.17 bits per heavy atom.